The van der Waals surface area contributed by atoms with E-state index in [2.05, 4.69) is 21.2 Å². The lowest BCUT2D eigenvalue weighted by atomic mass is 10.1. The molecule has 1 heterocycles. The minimum absolute atomic E-state index is 0. The van der Waals surface area contributed by atoms with E-state index in [4.69, 9.17) is 0 Å². The Morgan fingerprint density at radius 1 is 1.35 bits per heavy atom. The van der Waals surface area contributed by atoms with Gasteiger partial charge in [0.25, 0.3) is 0 Å². The van der Waals surface area contributed by atoms with Crippen molar-refractivity contribution in [2.45, 2.75) is 23.8 Å². The van der Waals surface area contributed by atoms with Gasteiger partial charge in [-0.2, -0.15) is 4.31 Å². The van der Waals surface area contributed by atoms with Crippen molar-refractivity contribution in [3.63, 3.8) is 0 Å². The average molecular weight is 388 g/mol. The molecule has 0 aliphatic carbocycles. The lowest BCUT2D eigenvalue weighted by Gasteiger charge is -2.31. The Hall–Kier alpha value is -0.210. The minimum atomic E-state index is -3.77. The van der Waals surface area contributed by atoms with Crippen molar-refractivity contribution in [1.82, 2.24) is 9.62 Å². The van der Waals surface area contributed by atoms with Gasteiger partial charge in [0.05, 0.1) is 0 Å². The van der Waals surface area contributed by atoms with Gasteiger partial charge in [-0.25, -0.2) is 12.8 Å². The van der Waals surface area contributed by atoms with E-state index in [1.54, 1.807) is 0 Å². The first-order valence-electron chi connectivity index (χ1n) is 6.08. The molecule has 1 aromatic rings. The van der Waals surface area contributed by atoms with Gasteiger partial charge in [-0.15, -0.1) is 12.4 Å². The van der Waals surface area contributed by atoms with Crippen LogP contribution in [-0.2, 0) is 10.0 Å². The number of nitrogens with one attached hydrogen (secondary N) is 1. The number of halogens is 3. The number of hydrogen-bond acceptors (Lipinski definition) is 3. The van der Waals surface area contributed by atoms with Gasteiger partial charge < -0.3 is 5.32 Å². The van der Waals surface area contributed by atoms with Crippen molar-refractivity contribution in [2.75, 3.05) is 20.1 Å². The molecular formula is C12H17BrClFN2O2S. The largest absolute Gasteiger partial charge is 0.317 e. The number of piperidine rings is 1. The van der Waals surface area contributed by atoms with Crippen LogP contribution in [0.15, 0.2) is 27.6 Å². The Bertz CT molecular complexity index is 542. The van der Waals surface area contributed by atoms with Crippen LogP contribution in [0.25, 0.3) is 0 Å². The van der Waals surface area contributed by atoms with Crippen LogP contribution in [0.5, 0.6) is 0 Å². The second-order valence-corrected chi connectivity index (χ2v) is 7.25. The molecule has 114 valence electrons. The van der Waals surface area contributed by atoms with Crippen molar-refractivity contribution in [1.29, 1.82) is 0 Å². The molecule has 1 fully saturated rings. The Labute approximate surface area is 133 Å². The van der Waals surface area contributed by atoms with E-state index >= 15 is 0 Å². The maximum atomic E-state index is 13.8. The Kier molecular flexibility index (Phi) is 6.40. The summed E-state index contributed by atoms with van der Waals surface area (Å²) in [6.07, 6.45) is 1.48. The molecule has 1 aromatic carbocycles. The van der Waals surface area contributed by atoms with Crippen molar-refractivity contribution >= 4 is 38.4 Å². The van der Waals surface area contributed by atoms with E-state index < -0.39 is 15.8 Å². The van der Waals surface area contributed by atoms with E-state index in [-0.39, 0.29) is 21.8 Å². The first-order valence-corrected chi connectivity index (χ1v) is 8.31. The third-order valence-corrected chi connectivity index (χ3v) is 6.28. The Morgan fingerprint density at radius 3 is 2.45 bits per heavy atom. The molecule has 0 unspecified atom stereocenters. The molecule has 1 aliphatic rings. The predicted octanol–water partition coefficient (Wildman–Crippen LogP) is 2.38. The molecule has 0 atom stereocenters. The standard InChI is InChI=1S/C12H16BrFN2O2S.ClH/c1-15-9-5-7-16(8-6-9)19(17,18)12-10(13)3-2-4-11(12)14;/h2-4,9,15H,5-8H2,1H3;1H. The van der Waals surface area contributed by atoms with Gasteiger partial charge in [0, 0.05) is 23.6 Å². The van der Waals surface area contributed by atoms with Gasteiger partial charge in [-0.1, -0.05) is 6.07 Å². The highest BCUT2D eigenvalue weighted by Gasteiger charge is 2.32. The number of benzene rings is 1. The van der Waals surface area contributed by atoms with Crippen LogP contribution in [0.4, 0.5) is 4.39 Å². The van der Waals surface area contributed by atoms with Crippen LogP contribution in [0.2, 0.25) is 0 Å². The maximum Gasteiger partial charge on any atom is 0.247 e. The number of hydrogen-bond donors (Lipinski definition) is 1. The molecule has 20 heavy (non-hydrogen) atoms. The Morgan fingerprint density at radius 2 is 1.95 bits per heavy atom. The number of nitrogens with zero attached hydrogens (tertiary/aromatic N) is 1. The van der Waals surface area contributed by atoms with E-state index in [0.29, 0.717) is 19.1 Å². The highest BCUT2D eigenvalue weighted by Crippen LogP contribution is 2.29. The summed E-state index contributed by atoms with van der Waals surface area (Å²) >= 11 is 3.12. The predicted molar refractivity (Wildman–Crippen MR) is 82.2 cm³/mol. The third kappa shape index (κ3) is 3.51. The van der Waals surface area contributed by atoms with Crippen LogP contribution in [0.1, 0.15) is 12.8 Å². The van der Waals surface area contributed by atoms with Crippen LogP contribution in [0, 0.1) is 5.82 Å². The molecule has 0 spiro atoms. The molecule has 0 saturated carbocycles. The zero-order chi connectivity index (χ0) is 14.0. The smallest absolute Gasteiger partial charge is 0.247 e. The number of rotatable bonds is 3. The van der Waals surface area contributed by atoms with Gasteiger partial charge in [0.15, 0.2) is 0 Å². The molecule has 1 aliphatic heterocycles. The quantitative estimate of drug-likeness (QED) is 0.866. The first kappa shape index (κ1) is 17.8. The lowest BCUT2D eigenvalue weighted by molar-refractivity contribution is 0.297. The normalized spacial score (nSPS) is 17.8. The minimum Gasteiger partial charge on any atom is -0.317 e. The van der Waals surface area contributed by atoms with Crippen LogP contribution in [-0.4, -0.2) is 38.9 Å². The summed E-state index contributed by atoms with van der Waals surface area (Å²) in [5.41, 5.74) is 0. The fourth-order valence-electron chi connectivity index (χ4n) is 2.24. The van der Waals surface area contributed by atoms with E-state index in [1.165, 1.54) is 16.4 Å². The van der Waals surface area contributed by atoms with Gasteiger partial charge in [0.2, 0.25) is 10.0 Å². The molecule has 4 nitrogen and oxygen atoms in total. The Balaban J connectivity index is 0.00000200. The summed E-state index contributed by atoms with van der Waals surface area (Å²) in [6.45, 7) is 0.823. The molecule has 0 aromatic heterocycles. The fourth-order valence-corrected chi connectivity index (χ4v) is 4.78. The van der Waals surface area contributed by atoms with Crippen LogP contribution in [0.3, 0.4) is 0 Å². The highest BCUT2D eigenvalue weighted by atomic mass is 79.9. The van der Waals surface area contributed by atoms with E-state index in [1.807, 2.05) is 7.05 Å². The summed E-state index contributed by atoms with van der Waals surface area (Å²) in [6, 6.07) is 4.51. The summed E-state index contributed by atoms with van der Waals surface area (Å²) < 4.78 is 40.3. The highest BCUT2D eigenvalue weighted by molar-refractivity contribution is 9.10. The third-order valence-electron chi connectivity index (χ3n) is 3.38. The van der Waals surface area contributed by atoms with Crippen molar-refractivity contribution < 1.29 is 12.8 Å². The molecule has 0 amide bonds. The molecule has 0 bridgehead atoms. The van der Waals surface area contributed by atoms with E-state index in [9.17, 15) is 12.8 Å². The second kappa shape index (κ2) is 7.17. The summed E-state index contributed by atoms with van der Waals surface area (Å²) in [5.74, 6) is -0.717. The van der Waals surface area contributed by atoms with Crippen molar-refractivity contribution in [3.05, 3.63) is 28.5 Å². The molecule has 1 saturated heterocycles. The van der Waals surface area contributed by atoms with Crippen molar-refractivity contribution in [3.8, 4) is 0 Å². The fraction of sp³-hybridized carbons (Fsp3) is 0.500. The molecule has 0 radical (unpaired) electrons. The topological polar surface area (TPSA) is 49.4 Å². The summed E-state index contributed by atoms with van der Waals surface area (Å²) in [7, 11) is -1.91. The van der Waals surface area contributed by atoms with Gasteiger partial charge in [-0.3, -0.25) is 0 Å². The molecular weight excluding hydrogens is 371 g/mol. The van der Waals surface area contributed by atoms with Gasteiger partial charge >= 0.3 is 0 Å². The van der Waals surface area contributed by atoms with Gasteiger partial charge in [-0.05, 0) is 48.0 Å². The average Bonchev–Trinajstić information content (AvgIpc) is 2.38. The molecule has 1 N–H and O–H groups in total. The maximum absolute atomic E-state index is 13.8. The zero-order valence-electron chi connectivity index (χ0n) is 11.0. The van der Waals surface area contributed by atoms with Crippen LogP contribution < -0.4 is 5.32 Å². The first-order chi connectivity index (χ1) is 8.96. The summed E-state index contributed by atoms with van der Waals surface area (Å²) in [5, 5.41) is 3.13. The van der Waals surface area contributed by atoms with E-state index in [0.717, 1.165) is 18.9 Å². The SMILES string of the molecule is CNC1CCN(S(=O)(=O)c2c(F)cccc2Br)CC1.Cl. The number of sulfonamides is 1. The molecule has 2 rings (SSSR count). The molecule has 8 heteroatoms. The van der Waals surface area contributed by atoms with Gasteiger partial charge in [0.1, 0.15) is 10.7 Å². The summed E-state index contributed by atoms with van der Waals surface area (Å²) in [4.78, 5) is -0.266. The van der Waals surface area contributed by atoms with Crippen molar-refractivity contribution in [2.24, 2.45) is 0 Å². The van der Waals surface area contributed by atoms with Crippen LogP contribution >= 0.6 is 28.3 Å². The zero-order valence-corrected chi connectivity index (χ0v) is 14.2. The monoisotopic (exact) mass is 386 g/mol. The second-order valence-electron chi connectivity index (χ2n) is 4.52. The lowest BCUT2D eigenvalue weighted by Crippen LogP contribution is -2.44.